The summed E-state index contributed by atoms with van der Waals surface area (Å²) >= 11 is 1.46. The molecule has 1 heterocycles. The van der Waals surface area contributed by atoms with Gasteiger partial charge in [0.25, 0.3) is 5.91 Å². The van der Waals surface area contributed by atoms with E-state index in [1.54, 1.807) is 19.1 Å². The van der Waals surface area contributed by atoms with Crippen molar-refractivity contribution in [1.29, 1.82) is 0 Å². The Kier molecular flexibility index (Phi) is 6.46. The fraction of sp³-hybridized carbons (Fsp3) is 0.381. The number of esters is 2. The van der Waals surface area contributed by atoms with Gasteiger partial charge in [-0.3, -0.25) is 4.79 Å². The molecule has 1 amide bonds. The van der Waals surface area contributed by atoms with Gasteiger partial charge >= 0.3 is 11.9 Å². The van der Waals surface area contributed by atoms with E-state index in [-0.39, 0.29) is 6.61 Å². The maximum absolute atomic E-state index is 12.3. The van der Waals surface area contributed by atoms with E-state index in [4.69, 9.17) is 4.74 Å². The molecule has 1 aliphatic carbocycles. The number of fused-ring (bicyclic) bond motifs is 1. The fourth-order valence-corrected chi connectivity index (χ4v) is 4.31. The van der Waals surface area contributed by atoms with E-state index >= 15 is 0 Å². The van der Waals surface area contributed by atoms with Gasteiger partial charge in [0.1, 0.15) is 4.88 Å². The van der Waals surface area contributed by atoms with Crippen LogP contribution in [-0.4, -0.2) is 31.6 Å². The summed E-state index contributed by atoms with van der Waals surface area (Å²) in [6.07, 6.45) is 5.51. The Bertz CT molecular complexity index is 879. The monoisotopic (exact) mass is 401 g/mol. The zero-order valence-electron chi connectivity index (χ0n) is 16.0. The molecule has 0 atom stereocenters. The van der Waals surface area contributed by atoms with Gasteiger partial charge in [0, 0.05) is 10.6 Å². The number of hydrogen-bond acceptors (Lipinski definition) is 6. The molecule has 0 radical (unpaired) electrons. The van der Waals surface area contributed by atoms with Crippen molar-refractivity contribution in [1.82, 2.24) is 0 Å². The molecule has 148 valence electrons. The zero-order chi connectivity index (χ0) is 20.1. The Labute approximate surface area is 167 Å². The fourth-order valence-electron chi connectivity index (χ4n) is 3.16. The molecule has 1 aliphatic rings. The second-order valence-corrected chi connectivity index (χ2v) is 7.90. The summed E-state index contributed by atoms with van der Waals surface area (Å²) < 4.78 is 9.86. The first-order valence-electron chi connectivity index (χ1n) is 9.25. The molecular formula is C21H23NO5S. The Balaban J connectivity index is 1.58. The molecular weight excluding hydrogens is 378 g/mol. The summed E-state index contributed by atoms with van der Waals surface area (Å²) in [5, 5.41) is 2.67. The number of anilines is 1. The highest BCUT2D eigenvalue weighted by atomic mass is 32.1. The quantitative estimate of drug-likeness (QED) is 0.607. The van der Waals surface area contributed by atoms with Gasteiger partial charge in [0.05, 0.1) is 12.7 Å². The van der Waals surface area contributed by atoms with Crippen LogP contribution in [-0.2, 0) is 27.1 Å². The molecule has 0 aliphatic heterocycles. The Morgan fingerprint density at radius 2 is 1.86 bits per heavy atom. The van der Waals surface area contributed by atoms with Gasteiger partial charge in [-0.15, -0.1) is 11.3 Å². The lowest BCUT2D eigenvalue weighted by Gasteiger charge is -2.10. The van der Waals surface area contributed by atoms with Crippen molar-refractivity contribution < 1.29 is 23.9 Å². The number of methoxy groups -OCH3 is 1. The molecule has 2 aromatic rings. The number of nitrogens with one attached hydrogen (secondary N) is 1. The number of carbonyl (C=O) groups is 3. The maximum atomic E-state index is 12.3. The first-order chi connectivity index (χ1) is 13.5. The normalized spacial score (nSPS) is 13.2. The van der Waals surface area contributed by atoms with Gasteiger partial charge in [-0.05, 0) is 61.9 Å². The summed E-state index contributed by atoms with van der Waals surface area (Å²) in [5.74, 6) is -1.43. The summed E-state index contributed by atoms with van der Waals surface area (Å²) in [4.78, 5) is 37.9. The molecule has 0 bridgehead atoms. The van der Waals surface area contributed by atoms with Crippen LogP contribution in [0.4, 0.5) is 5.69 Å². The van der Waals surface area contributed by atoms with Gasteiger partial charge in [0.15, 0.2) is 6.61 Å². The number of ether oxygens (including phenoxy) is 2. The number of aryl methyl sites for hydroxylation is 3. The number of thiophene rings is 1. The molecule has 0 fully saturated rings. The Morgan fingerprint density at radius 1 is 1.07 bits per heavy atom. The van der Waals surface area contributed by atoms with Crippen molar-refractivity contribution in [3.8, 4) is 0 Å². The van der Waals surface area contributed by atoms with Crippen LogP contribution < -0.4 is 5.32 Å². The number of hydrogen-bond donors (Lipinski definition) is 1. The second kappa shape index (κ2) is 9.01. The van der Waals surface area contributed by atoms with Crippen molar-refractivity contribution in [3.05, 3.63) is 50.7 Å². The smallest absolute Gasteiger partial charge is 0.348 e. The second-order valence-electron chi connectivity index (χ2n) is 6.77. The van der Waals surface area contributed by atoms with E-state index in [0.29, 0.717) is 16.1 Å². The third-order valence-electron chi connectivity index (χ3n) is 4.71. The molecule has 0 unspecified atom stereocenters. The lowest BCUT2D eigenvalue weighted by atomic mass is 10.1. The van der Waals surface area contributed by atoms with Crippen molar-refractivity contribution in [3.63, 3.8) is 0 Å². The molecule has 28 heavy (non-hydrogen) atoms. The van der Waals surface area contributed by atoms with E-state index in [0.717, 1.165) is 31.2 Å². The van der Waals surface area contributed by atoms with Crippen LogP contribution in [0, 0.1) is 6.92 Å². The third kappa shape index (κ3) is 4.78. The summed E-state index contributed by atoms with van der Waals surface area (Å²) in [5.41, 5.74) is 2.83. The summed E-state index contributed by atoms with van der Waals surface area (Å²) in [7, 11) is 1.30. The van der Waals surface area contributed by atoms with Crippen LogP contribution in [0.3, 0.4) is 0 Å². The van der Waals surface area contributed by atoms with Crippen LogP contribution in [0.1, 0.15) is 55.3 Å². The molecule has 1 N–H and O–H groups in total. The van der Waals surface area contributed by atoms with Gasteiger partial charge in [-0.2, -0.15) is 0 Å². The molecule has 6 nitrogen and oxygen atoms in total. The topological polar surface area (TPSA) is 81.7 Å². The van der Waals surface area contributed by atoms with E-state index < -0.39 is 17.8 Å². The highest BCUT2D eigenvalue weighted by Crippen LogP contribution is 2.29. The lowest BCUT2D eigenvalue weighted by molar-refractivity contribution is -0.119. The summed E-state index contributed by atoms with van der Waals surface area (Å²) in [6, 6.07) is 6.77. The average molecular weight is 401 g/mol. The predicted octanol–water partition coefficient (Wildman–Crippen LogP) is 3.91. The van der Waals surface area contributed by atoms with Crippen LogP contribution >= 0.6 is 11.3 Å². The van der Waals surface area contributed by atoms with Gasteiger partial charge in [-0.1, -0.05) is 12.5 Å². The first-order valence-corrected chi connectivity index (χ1v) is 10.1. The SMILES string of the molecule is COC(=O)c1ccc(C)c(NC(=O)COC(=O)c2cc3c(s2)CCCCC3)c1. The van der Waals surface area contributed by atoms with E-state index in [9.17, 15) is 14.4 Å². The number of benzene rings is 1. The van der Waals surface area contributed by atoms with Crippen LogP contribution in [0.5, 0.6) is 0 Å². The molecule has 7 heteroatoms. The van der Waals surface area contributed by atoms with Crippen LogP contribution in [0.2, 0.25) is 0 Å². The van der Waals surface area contributed by atoms with Crippen molar-refractivity contribution in [2.24, 2.45) is 0 Å². The van der Waals surface area contributed by atoms with E-state index in [1.165, 1.54) is 41.4 Å². The first kappa shape index (κ1) is 20.1. The van der Waals surface area contributed by atoms with Gasteiger partial charge in [0.2, 0.25) is 0 Å². The zero-order valence-corrected chi connectivity index (χ0v) is 16.8. The molecule has 1 aromatic heterocycles. The minimum Gasteiger partial charge on any atom is -0.465 e. The largest absolute Gasteiger partial charge is 0.465 e. The maximum Gasteiger partial charge on any atom is 0.348 e. The average Bonchev–Trinajstić information content (AvgIpc) is 2.97. The molecule has 1 aromatic carbocycles. The molecule has 0 saturated carbocycles. The van der Waals surface area contributed by atoms with E-state index in [2.05, 4.69) is 10.1 Å². The van der Waals surface area contributed by atoms with Crippen molar-refractivity contribution >= 4 is 34.9 Å². The van der Waals surface area contributed by atoms with Gasteiger partial charge < -0.3 is 14.8 Å². The van der Waals surface area contributed by atoms with Crippen LogP contribution in [0.25, 0.3) is 0 Å². The lowest BCUT2D eigenvalue weighted by Crippen LogP contribution is -2.21. The van der Waals surface area contributed by atoms with E-state index in [1.807, 2.05) is 6.07 Å². The highest BCUT2D eigenvalue weighted by Gasteiger charge is 2.18. The minimum absolute atomic E-state index is 0.334. The Hall–Kier alpha value is -2.67. The number of carbonyl (C=O) groups excluding carboxylic acids is 3. The Morgan fingerprint density at radius 3 is 2.64 bits per heavy atom. The van der Waals surface area contributed by atoms with Crippen LogP contribution in [0.15, 0.2) is 24.3 Å². The molecule has 0 saturated heterocycles. The number of rotatable bonds is 5. The van der Waals surface area contributed by atoms with Crippen molar-refractivity contribution in [2.45, 2.75) is 39.0 Å². The molecule has 3 rings (SSSR count). The highest BCUT2D eigenvalue weighted by molar-refractivity contribution is 7.14. The molecule has 0 spiro atoms. The van der Waals surface area contributed by atoms with Gasteiger partial charge in [-0.25, -0.2) is 9.59 Å². The summed E-state index contributed by atoms with van der Waals surface area (Å²) in [6.45, 7) is 1.42. The van der Waals surface area contributed by atoms with Crippen molar-refractivity contribution in [2.75, 3.05) is 19.0 Å². The standard InChI is InChI=1S/C21H23NO5S/c1-13-8-9-15(20(24)26-2)10-16(13)22-19(23)12-27-21(25)18-11-14-6-4-3-5-7-17(14)28-18/h8-11H,3-7,12H2,1-2H3,(H,22,23). The third-order valence-corrected chi connectivity index (χ3v) is 5.93. The predicted molar refractivity (Wildman–Crippen MR) is 107 cm³/mol. The minimum atomic E-state index is -0.487. The number of amides is 1.